The number of ether oxygens (including phenoxy) is 1. The van der Waals surface area contributed by atoms with Crippen LogP contribution in [0.5, 0.6) is 0 Å². The van der Waals surface area contributed by atoms with Crippen LogP contribution in [0.3, 0.4) is 0 Å². The van der Waals surface area contributed by atoms with Gasteiger partial charge in [-0.25, -0.2) is 0 Å². The van der Waals surface area contributed by atoms with Crippen LogP contribution in [0.4, 0.5) is 0 Å². The quantitative estimate of drug-likeness (QED) is 0.202. The summed E-state index contributed by atoms with van der Waals surface area (Å²) in [5, 5.41) is 22.6. The van der Waals surface area contributed by atoms with Crippen molar-refractivity contribution in [3.05, 3.63) is 144 Å². The zero-order chi connectivity index (χ0) is 30.9. The van der Waals surface area contributed by atoms with Gasteiger partial charge in [-0.1, -0.05) is 72.8 Å². The topological polar surface area (TPSA) is 146 Å². The molecule has 4 amide bonds. The summed E-state index contributed by atoms with van der Waals surface area (Å²) in [7, 11) is 0. The highest BCUT2D eigenvalue weighted by Gasteiger charge is 2.47. The first-order valence-electron chi connectivity index (χ1n) is 14.1. The third kappa shape index (κ3) is 7.35. The fourth-order valence-corrected chi connectivity index (χ4v) is 5.04. The molecule has 10 nitrogen and oxygen atoms in total. The lowest BCUT2D eigenvalue weighted by Gasteiger charge is -2.46. The normalized spacial score (nSPS) is 21.0. The van der Waals surface area contributed by atoms with Crippen LogP contribution in [-0.4, -0.2) is 65.8 Å². The smallest absolute Gasteiger partial charge is 0.251 e. The number of hydrogen-bond donors (Lipinski definition) is 5. The van der Waals surface area contributed by atoms with Gasteiger partial charge in [0.25, 0.3) is 23.6 Å². The predicted molar refractivity (Wildman–Crippen MR) is 163 cm³/mol. The molecular weight excluding hydrogens is 560 g/mol. The van der Waals surface area contributed by atoms with Crippen molar-refractivity contribution in [3.8, 4) is 0 Å². The molecule has 10 heteroatoms. The van der Waals surface area contributed by atoms with E-state index in [-0.39, 0.29) is 12.5 Å². The van der Waals surface area contributed by atoms with Gasteiger partial charge < -0.3 is 31.1 Å². The third-order valence-corrected chi connectivity index (χ3v) is 7.30. The Morgan fingerprint density at radius 2 is 0.841 bits per heavy atom. The van der Waals surface area contributed by atoms with E-state index in [1.165, 1.54) is 0 Å². The summed E-state index contributed by atoms with van der Waals surface area (Å²) in [5.74, 6) is -1.86. The first-order valence-corrected chi connectivity index (χ1v) is 14.1. The van der Waals surface area contributed by atoms with Crippen LogP contribution >= 0.6 is 0 Å². The minimum absolute atomic E-state index is 0.123. The average molecular weight is 593 g/mol. The third-order valence-electron chi connectivity index (χ3n) is 7.30. The van der Waals surface area contributed by atoms with Crippen LogP contribution in [0.2, 0.25) is 0 Å². The SMILES string of the molecule is O=C(NC[C@H]1O[C@H](O)[C@@H](NC(=O)c2ccccc2)[C@H](NC(=O)c2ccccc2)[C@@H]1NC(=O)c1ccccc1)c1ccccc1. The van der Waals surface area contributed by atoms with Crippen LogP contribution in [0.25, 0.3) is 0 Å². The van der Waals surface area contributed by atoms with E-state index in [4.69, 9.17) is 4.74 Å². The fraction of sp³-hybridized carbons (Fsp3) is 0.176. The molecule has 44 heavy (non-hydrogen) atoms. The molecule has 4 aromatic rings. The molecule has 1 fully saturated rings. The summed E-state index contributed by atoms with van der Waals surface area (Å²) >= 11 is 0. The molecule has 0 radical (unpaired) electrons. The van der Waals surface area contributed by atoms with E-state index in [2.05, 4.69) is 21.3 Å². The molecule has 0 aliphatic carbocycles. The molecule has 4 aromatic carbocycles. The van der Waals surface area contributed by atoms with Crippen molar-refractivity contribution in [1.82, 2.24) is 21.3 Å². The van der Waals surface area contributed by atoms with Gasteiger partial charge >= 0.3 is 0 Å². The number of nitrogens with one attached hydrogen (secondary N) is 4. The molecule has 224 valence electrons. The van der Waals surface area contributed by atoms with Gasteiger partial charge in [-0.3, -0.25) is 19.2 Å². The lowest BCUT2D eigenvalue weighted by atomic mass is 9.90. The number of hydrogen-bond acceptors (Lipinski definition) is 6. The van der Waals surface area contributed by atoms with E-state index in [0.29, 0.717) is 22.3 Å². The van der Waals surface area contributed by atoms with Gasteiger partial charge in [0.1, 0.15) is 12.1 Å². The number of benzene rings is 4. The molecule has 1 aliphatic rings. The van der Waals surface area contributed by atoms with Crippen molar-refractivity contribution < 1.29 is 29.0 Å². The van der Waals surface area contributed by atoms with E-state index < -0.39 is 48.2 Å². The van der Waals surface area contributed by atoms with E-state index in [9.17, 15) is 24.3 Å². The maximum absolute atomic E-state index is 13.5. The maximum atomic E-state index is 13.5. The number of aliphatic hydroxyl groups excluding tert-OH is 1. The highest BCUT2D eigenvalue weighted by Crippen LogP contribution is 2.22. The molecule has 1 heterocycles. The largest absolute Gasteiger partial charge is 0.366 e. The number of aliphatic hydroxyl groups is 1. The lowest BCUT2D eigenvalue weighted by Crippen LogP contribution is -2.73. The van der Waals surface area contributed by atoms with Crippen LogP contribution in [-0.2, 0) is 4.74 Å². The Morgan fingerprint density at radius 3 is 1.25 bits per heavy atom. The molecule has 0 spiro atoms. The second-order valence-electron chi connectivity index (χ2n) is 10.2. The Morgan fingerprint density at radius 1 is 0.500 bits per heavy atom. The zero-order valence-corrected chi connectivity index (χ0v) is 23.6. The summed E-state index contributed by atoms with van der Waals surface area (Å²) < 4.78 is 5.95. The molecule has 1 aliphatic heterocycles. The van der Waals surface area contributed by atoms with Crippen molar-refractivity contribution >= 4 is 23.6 Å². The Balaban J connectivity index is 1.48. The van der Waals surface area contributed by atoms with Crippen molar-refractivity contribution in [2.24, 2.45) is 0 Å². The number of amides is 4. The van der Waals surface area contributed by atoms with E-state index in [1.54, 1.807) is 121 Å². The molecule has 5 rings (SSSR count). The molecule has 1 saturated heterocycles. The Kier molecular flexibility index (Phi) is 9.75. The first-order chi connectivity index (χ1) is 21.4. The number of carbonyl (C=O) groups is 4. The van der Waals surface area contributed by atoms with Crippen molar-refractivity contribution in [1.29, 1.82) is 0 Å². The van der Waals surface area contributed by atoms with E-state index in [0.717, 1.165) is 0 Å². The highest BCUT2D eigenvalue weighted by atomic mass is 16.6. The van der Waals surface area contributed by atoms with Gasteiger partial charge in [0.05, 0.1) is 12.1 Å². The summed E-state index contributed by atoms with van der Waals surface area (Å²) in [5.41, 5.74) is 1.43. The van der Waals surface area contributed by atoms with E-state index in [1.807, 2.05) is 0 Å². The second-order valence-corrected chi connectivity index (χ2v) is 10.2. The van der Waals surface area contributed by atoms with Gasteiger partial charge in [0.2, 0.25) is 0 Å². The molecule has 0 saturated carbocycles. The Labute approximate surface area is 254 Å². The molecule has 0 aromatic heterocycles. The highest BCUT2D eigenvalue weighted by molar-refractivity contribution is 5.97. The summed E-state index contributed by atoms with van der Waals surface area (Å²) in [6.07, 6.45) is -2.61. The Hall–Kier alpha value is -5.32. The first kappa shape index (κ1) is 30.1. The van der Waals surface area contributed by atoms with Crippen LogP contribution in [0, 0.1) is 0 Å². The van der Waals surface area contributed by atoms with Crippen molar-refractivity contribution in [3.63, 3.8) is 0 Å². The van der Waals surface area contributed by atoms with Gasteiger partial charge in [0.15, 0.2) is 6.29 Å². The number of carbonyl (C=O) groups excluding carboxylic acids is 4. The second kappa shape index (κ2) is 14.2. The average Bonchev–Trinajstić information content (AvgIpc) is 3.07. The molecule has 5 atom stereocenters. The lowest BCUT2D eigenvalue weighted by molar-refractivity contribution is -0.190. The van der Waals surface area contributed by atoms with Gasteiger partial charge in [-0.15, -0.1) is 0 Å². The minimum Gasteiger partial charge on any atom is -0.366 e. The fourth-order valence-electron chi connectivity index (χ4n) is 5.04. The number of rotatable bonds is 9. The molecule has 0 unspecified atom stereocenters. The van der Waals surface area contributed by atoms with E-state index >= 15 is 0 Å². The van der Waals surface area contributed by atoms with Gasteiger partial charge in [-0.2, -0.15) is 0 Å². The standard InChI is InChI=1S/C34H32N4O6/c39-30(22-13-5-1-6-14-22)35-21-26-27(36-31(40)23-15-7-2-8-16-23)28(37-32(41)24-17-9-3-10-18-24)29(34(43)44-26)38-33(42)25-19-11-4-12-20-25/h1-20,26-29,34,43H,21H2,(H,35,39)(H,36,40)(H,37,41)(H,38,42)/t26-,27-,28-,29+,34+/m1/s1. The van der Waals surface area contributed by atoms with Crippen LogP contribution < -0.4 is 21.3 Å². The van der Waals surface area contributed by atoms with Gasteiger partial charge in [-0.05, 0) is 48.5 Å². The maximum Gasteiger partial charge on any atom is 0.251 e. The monoisotopic (exact) mass is 592 g/mol. The van der Waals surface area contributed by atoms with Crippen LogP contribution in [0.1, 0.15) is 41.4 Å². The summed E-state index contributed by atoms with van der Waals surface area (Å²) in [6, 6.07) is 30.6. The predicted octanol–water partition coefficient (Wildman–Crippen LogP) is 2.53. The molecular formula is C34H32N4O6. The summed E-state index contributed by atoms with van der Waals surface area (Å²) in [4.78, 5) is 53.0. The van der Waals surface area contributed by atoms with Gasteiger partial charge in [0, 0.05) is 28.8 Å². The van der Waals surface area contributed by atoms with Crippen LogP contribution in [0.15, 0.2) is 121 Å². The molecule has 5 N–H and O–H groups in total. The minimum atomic E-state index is -1.60. The Bertz CT molecular complexity index is 1570. The van der Waals surface area contributed by atoms with Crippen molar-refractivity contribution in [2.75, 3.05) is 6.54 Å². The zero-order valence-electron chi connectivity index (χ0n) is 23.6. The molecule has 0 bridgehead atoms. The summed E-state index contributed by atoms with van der Waals surface area (Å²) in [6.45, 7) is -0.123. The van der Waals surface area contributed by atoms with Crippen molar-refractivity contribution in [2.45, 2.75) is 30.5 Å².